The van der Waals surface area contributed by atoms with Gasteiger partial charge in [0.2, 0.25) is 11.8 Å². The number of amides is 1. The lowest BCUT2D eigenvalue weighted by Crippen LogP contribution is -2.41. The zero-order chi connectivity index (χ0) is 28.5. The molecule has 1 saturated heterocycles. The molecule has 1 aromatic heterocycles. The van der Waals surface area contributed by atoms with Crippen LogP contribution >= 0.6 is 0 Å². The number of hydrogen-bond donors (Lipinski definition) is 1. The van der Waals surface area contributed by atoms with Gasteiger partial charge in [0.15, 0.2) is 9.84 Å². The number of carbonyl (C=O) groups is 1. The van der Waals surface area contributed by atoms with Crippen LogP contribution in [0.1, 0.15) is 30.9 Å². The standard InChI is InChI=1S/C28H28F3N5O3S/c29-20-3-7-22(8-4-20)36-18-25(19-1-5-21(6-2-19)35-13-15-40(38,39)16-14-35)26(34-36)23-9-10-28(30,31)17-24(23)27(37)33-12-11-32/h1-8,18,23-24H,9-10,12-17H2,(H,33,37). The molecule has 2 aliphatic rings. The van der Waals surface area contributed by atoms with Gasteiger partial charge >= 0.3 is 0 Å². The summed E-state index contributed by atoms with van der Waals surface area (Å²) in [6, 6.07) is 15.0. The van der Waals surface area contributed by atoms with E-state index in [1.54, 1.807) is 23.0 Å². The molecule has 1 amide bonds. The fraction of sp³-hybridized carbons (Fsp3) is 0.393. The minimum absolute atomic E-state index is 0.0193. The monoisotopic (exact) mass is 571 g/mol. The van der Waals surface area contributed by atoms with Crippen molar-refractivity contribution in [2.45, 2.75) is 31.1 Å². The van der Waals surface area contributed by atoms with E-state index in [2.05, 4.69) is 5.32 Å². The Morgan fingerprint density at radius 1 is 1.07 bits per heavy atom. The first-order valence-corrected chi connectivity index (χ1v) is 14.8. The van der Waals surface area contributed by atoms with Crippen molar-refractivity contribution in [2.75, 3.05) is 36.0 Å². The third kappa shape index (κ3) is 5.99. The van der Waals surface area contributed by atoms with Crippen LogP contribution < -0.4 is 10.2 Å². The van der Waals surface area contributed by atoms with E-state index in [0.29, 0.717) is 30.0 Å². The molecule has 1 aliphatic carbocycles. The van der Waals surface area contributed by atoms with Crippen molar-refractivity contribution >= 4 is 21.4 Å². The van der Waals surface area contributed by atoms with Crippen LogP contribution in [0.4, 0.5) is 18.9 Å². The second kappa shape index (κ2) is 11.0. The number of halogens is 3. The summed E-state index contributed by atoms with van der Waals surface area (Å²) in [7, 11) is -3.03. The number of rotatable bonds is 6. The number of hydrogen-bond acceptors (Lipinski definition) is 6. The van der Waals surface area contributed by atoms with Crippen LogP contribution in [0.5, 0.6) is 0 Å². The highest BCUT2D eigenvalue weighted by Crippen LogP contribution is 2.47. The largest absolute Gasteiger partial charge is 0.369 e. The number of nitrogens with one attached hydrogen (secondary N) is 1. The van der Waals surface area contributed by atoms with Crippen molar-refractivity contribution in [3.8, 4) is 22.9 Å². The molecule has 40 heavy (non-hydrogen) atoms. The van der Waals surface area contributed by atoms with E-state index in [0.717, 1.165) is 11.3 Å². The predicted molar refractivity (Wildman–Crippen MR) is 143 cm³/mol. The Hall–Kier alpha value is -3.85. The average Bonchev–Trinajstić information content (AvgIpc) is 3.37. The summed E-state index contributed by atoms with van der Waals surface area (Å²) in [4.78, 5) is 14.9. The van der Waals surface area contributed by atoms with Crippen LogP contribution in [0.2, 0.25) is 0 Å². The zero-order valence-corrected chi connectivity index (χ0v) is 22.4. The van der Waals surface area contributed by atoms with Gasteiger partial charge in [-0.05, 0) is 48.4 Å². The van der Waals surface area contributed by atoms with Gasteiger partial charge in [-0.2, -0.15) is 10.4 Å². The smallest absolute Gasteiger partial charge is 0.249 e. The fourth-order valence-electron chi connectivity index (χ4n) is 5.43. The lowest BCUT2D eigenvalue weighted by atomic mass is 9.74. The molecule has 1 N–H and O–H groups in total. The fourth-order valence-corrected chi connectivity index (χ4v) is 6.63. The third-order valence-electron chi connectivity index (χ3n) is 7.58. The maximum Gasteiger partial charge on any atom is 0.249 e. The first kappa shape index (κ1) is 27.7. The molecule has 0 radical (unpaired) electrons. The molecular formula is C28H28F3N5O3S. The first-order chi connectivity index (χ1) is 19.0. The lowest BCUT2D eigenvalue weighted by molar-refractivity contribution is -0.133. The van der Waals surface area contributed by atoms with Crippen molar-refractivity contribution in [3.63, 3.8) is 0 Å². The normalized spacial score (nSPS) is 21.9. The Morgan fingerprint density at radius 3 is 2.38 bits per heavy atom. The molecule has 1 saturated carbocycles. The van der Waals surface area contributed by atoms with Gasteiger partial charge in [0, 0.05) is 49.3 Å². The molecule has 1 aliphatic heterocycles. The van der Waals surface area contributed by atoms with Crippen molar-refractivity contribution in [3.05, 3.63) is 66.2 Å². The van der Waals surface area contributed by atoms with Gasteiger partial charge in [0.1, 0.15) is 12.4 Å². The second-order valence-corrected chi connectivity index (χ2v) is 12.5. The minimum Gasteiger partial charge on any atom is -0.369 e. The van der Waals surface area contributed by atoms with E-state index >= 15 is 0 Å². The van der Waals surface area contributed by atoms with E-state index in [1.807, 2.05) is 35.2 Å². The van der Waals surface area contributed by atoms with Gasteiger partial charge in [-0.3, -0.25) is 4.79 Å². The second-order valence-electron chi connectivity index (χ2n) is 10.2. The lowest BCUT2D eigenvalue weighted by Gasteiger charge is -2.34. The number of benzene rings is 2. The van der Waals surface area contributed by atoms with Crippen LogP contribution in [0, 0.1) is 23.1 Å². The molecule has 2 atom stereocenters. The molecule has 210 valence electrons. The molecule has 12 heteroatoms. The number of alkyl halides is 2. The summed E-state index contributed by atoms with van der Waals surface area (Å²) in [6.45, 7) is 0.500. The molecule has 5 rings (SSSR count). The zero-order valence-electron chi connectivity index (χ0n) is 21.6. The molecule has 2 unspecified atom stereocenters. The van der Waals surface area contributed by atoms with Crippen LogP contribution in [-0.2, 0) is 14.6 Å². The number of nitriles is 1. The Morgan fingerprint density at radius 2 is 1.73 bits per heavy atom. The summed E-state index contributed by atoms with van der Waals surface area (Å²) >= 11 is 0. The quantitative estimate of drug-likeness (QED) is 0.447. The molecule has 2 fully saturated rings. The molecule has 2 aromatic carbocycles. The SMILES string of the molecule is N#CCNC(=O)C1CC(F)(F)CCC1c1nn(-c2ccc(F)cc2)cc1-c1ccc(N2CCS(=O)(=O)CC2)cc1. The van der Waals surface area contributed by atoms with E-state index in [-0.39, 0.29) is 24.5 Å². The van der Waals surface area contributed by atoms with Gasteiger partial charge in [0.25, 0.3) is 0 Å². The van der Waals surface area contributed by atoms with E-state index < -0.39 is 52.2 Å². The van der Waals surface area contributed by atoms with E-state index in [4.69, 9.17) is 10.4 Å². The highest BCUT2D eigenvalue weighted by Gasteiger charge is 2.46. The number of anilines is 1. The van der Waals surface area contributed by atoms with E-state index in [9.17, 15) is 26.4 Å². The topological polar surface area (TPSA) is 108 Å². The van der Waals surface area contributed by atoms with Crippen LogP contribution in [-0.4, -0.2) is 61.2 Å². The summed E-state index contributed by atoms with van der Waals surface area (Å²) in [6.07, 6.45) is 0.696. The minimum atomic E-state index is -3.03. The van der Waals surface area contributed by atoms with Crippen LogP contribution in [0.15, 0.2) is 54.7 Å². The van der Waals surface area contributed by atoms with Crippen molar-refractivity contribution in [1.82, 2.24) is 15.1 Å². The number of sulfone groups is 1. The molecule has 8 nitrogen and oxygen atoms in total. The third-order valence-corrected chi connectivity index (χ3v) is 9.19. The first-order valence-electron chi connectivity index (χ1n) is 13.0. The molecule has 2 heterocycles. The van der Waals surface area contributed by atoms with Gasteiger partial charge in [-0.15, -0.1) is 0 Å². The molecule has 3 aromatic rings. The van der Waals surface area contributed by atoms with Crippen LogP contribution in [0.25, 0.3) is 16.8 Å². The molecular weight excluding hydrogens is 543 g/mol. The van der Waals surface area contributed by atoms with Gasteiger partial charge < -0.3 is 10.2 Å². The van der Waals surface area contributed by atoms with Crippen molar-refractivity contribution in [1.29, 1.82) is 5.26 Å². The summed E-state index contributed by atoms with van der Waals surface area (Å²) in [5.41, 5.74) is 3.27. The number of carbonyl (C=O) groups excluding carboxylic acids is 1. The Balaban J connectivity index is 1.53. The van der Waals surface area contributed by atoms with Gasteiger partial charge in [-0.25, -0.2) is 26.3 Å². The predicted octanol–water partition coefficient (Wildman–Crippen LogP) is 4.07. The Bertz CT molecular complexity index is 1520. The van der Waals surface area contributed by atoms with Crippen LogP contribution in [0.3, 0.4) is 0 Å². The Kier molecular flexibility index (Phi) is 7.59. The maximum absolute atomic E-state index is 14.5. The van der Waals surface area contributed by atoms with Gasteiger partial charge in [0.05, 0.1) is 34.9 Å². The van der Waals surface area contributed by atoms with E-state index in [1.165, 1.54) is 12.1 Å². The maximum atomic E-state index is 14.5. The number of nitrogens with zero attached hydrogens (tertiary/aromatic N) is 4. The highest BCUT2D eigenvalue weighted by molar-refractivity contribution is 7.91. The van der Waals surface area contributed by atoms with Crippen molar-refractivity contribution in [2.24, 2.45) is 5.92 Å². The molecule has 0 bridgehead atoms. The highest BCUT2D eigenvalue weighted by atomic mass is 32.2. The van der Waals surface area contributed by atoms with Crippen molar-refractivity contribution < 1.29 is 26.4 Å². The summed E-state index contributed by atoms with van der Waals surface area (Å²) in [5, 5.41) is 16.1. The summed E-state index contributed by atoms with van der Waals surface area (Å²) < 4.78 is 67.7. The Labute approximate surface area is 230 Å². The number of aromatic nitrogens is 2. The van der Waals surface area contributed by atoms with Gasteiger partial charge in [-0.1, -0.05) is 12.1 Å². The molecule has 0 spiro atoms. The summed E-state index contributed by atoms with van der Waals surface area (Å²) in [5.74, 6) is -5.61. The average molecular weight is 572 g/mol.